The normalized spacial score (nSPS) is 11.6. The minimum atomic E-state index is -0.556. The van der Waals surface area contributed by atoms with E-state index in [9.17, 15) is 4.39 Å². The number of rotatable bonds is 2. The third-order valence-corrected chi connectivity index (χ3v) is 3.85. The van der Waals surface area contributed by atoms with Crippen LogP contribution in [0.2, 0.25) is 5.02 Å². The Hall–Kier alpha value is -0.720. The molecular weight excluding hydrogens is 426 g/mol. The van der Waals surface area contributed by atoms with Crippen LogP contribution < -0.4 is 4.74 Å². The molecule has 7 heteroatoms. The number of hydrogen-bond donors (Lipinski definition) is 0. The van der Waals surface area contributed by atoms with Crippen molar-refractivity contribution in [2.75, 3.05) is 0 Å². The molecule has 112 valence electrons. The number of ether oxygens (including phenoxy) is 1. The van der Waals surface area contributed by atoms with Crippen LogP contribution in [-0.2, 0) is 5.41 Å². The van der Waals surface area contributed by atoms with Gasteiger partial charge in [-0.15, -0.1) is 0 Å². The number of nitrogens with zero attached hydrogens (tertiary/aromatic N) is 2. The van der Waals surface area contributed by atoms with Crippen molar-refractivity contribution in [3.63, 3.8) is 0 Å². The first-order valence-electron chi connectivity index (χ1n) is 6.04. The molecule has 2 aromatic rings. The van der Waals surface area contributed by atoms with E-state index >= 15 is 0 Å². The van der Waals surface area contributed by atoms with E-state index in [1.807, 2.05) is 20.8 Å². The van der Waals surface area contributed by atoms with Gasteiger partial charge in [-0.25, -0.2) is 9.37 Å². The maximum absolute atomic E-state index is 13.5. The molecule has 0 N–H and O–H groups in total. The van der Waals surface area contributed by atoms with Crippen LogP contribution in [0, 0.1) is 5.82 Å². The molecule has 2 rings (SSSR count). The summed E-state index contributed by atoms with van der Waals surface area (Å²) in [6.07, 6.45) is 0. The van der Waals surface area contributed by atoms with Crippen LogP contribution in [0.3, 0.4) is 0 Å². The summed E-state index contributed by atoms with van der Waals surface area (Å²) in [7, 11) is 0. The van der Waals surface area contributed by atoms with E-state index in [0.29, 0.717) is 26.5 Å². The van der Waals surface area contributed by atoms with Gasteiger partial charge in [0.2, 0.25) is 5.88 Å². The monoisotopic (exact) mass is 436 g/mol. The van der Waals surface area contributed by atoms with Gasteiger partial charge < -0.3 is 4.74 Å². The molecule has 0 unspecified atom stereocenters. The molecule has 0 amide bonds. The third kappa shape index (κ3) is 4.14. The predicted octanol–water partition coefficient (Wildman–Crippen LogP) is 5.88. The summed E-state index contributed by atoms with van der Waals surface area (Å²) < 4.78 is 20.3. The number of halogens is 4. The third-order valence-electron chi connectivity index (χ3n) is 2.53. The number of aromatic nitrogens is 2. The molecule has 3 nitrogen and oxygen atoms in total. The first kappa shape index (κ1) is 16.6. The SMILES string of the molecule is CC(C)(C)c1nc(Br)cc(Oc2cc(F)c(Cl)cc2Br)n1. The lowest BCUT2D eigenvalue weighted by atomic mass is 9.96. The molecule has 0 saturated carbocycles. The highest BCUT2D eigenvalue weighted by Gasteiger charge is 2.20. The standard InChI is InChI=1S/C14H12Br2ClFN2O/c1-14(2,3)13-19-11(16)6-12(20-13)21-10-5-9(18)8(17)4-7(10)15/h4-6H,1-3H3. The Morgan fingerprint density at radius 1 is 1.14 bits per heavy atom. The fraction of sp³-hybridized carbons (Fsp3) is 0.286. The number of benzene rings is 1. The van der Waals surface area contributed by atoms with Crippen LogP contribution in [-0.4, -0.2) is 9.97 Å². The van der Waals surface area contributed by atoms with E-state index < -0.39 is 5.82 Å². The molecule has 0 saturated heterocycles. The van der Waals surface area contributed by atoms with Crippen LogP contribution in [0.15, 0.2) is 27.3 Å². The topological polar surface area (TPSA) is 35.0 Å². The lowest BCUT2D eigenvalue weighted by molar-refractivity contribution is 0.439. The molecule has 0 fully saturated rings. The summed E-state index contributed by atoms with van der Waals surface area (Å²) in [4.78, 5) is 8.67. The molecular formula is C14H12Br2ClFN2O. The number of hydrogen-bond acceptors (Lipinski definition) is 3. The van der Waals surface area contributed by atoms with Crippen molar-refractivity contribution in [1.29, 1.82) is 0 Å². The Morgan fingerprint density at radius 2 is 1.81 bits per heavy atom. The molecule has 0 aliphatic heterocycles. The van der Waals surface area contributed by atoms with Crippen LogP contribution in [0.25, 0.3) is 0 Å². The molecule has 0 aliphatic rings. The Kier molecular flexibility index (Phi) is 4.90. The summed E-state index contributed by atoms with van der Waals surface area (Å²) in [5.74, 6) is 0.683. The Labute approximate surface area is 144 Å². The van der Waals surface area contributed by atoms with Crippen LogP contribution in [0.5, 0.6) is 11.6 Å². The van der Waals surface area contributed by atoms with E-state index in [-0.39, 0.29) is 10.4 Å². The van der Waals surface area contributed by atoms with Gasteiger partial charge in [0.15, 0.2) is 0 Å². The highest BCUT2D eigenvalue weighted by Crippen LogP contribution is 2.34. The molecule has 1 heterocycles. The van der Waals surface area contributed by atoms with Crippen molar-refractivity contribution < 1.29 is 9.13 Å². The second-order valence-electron chi connectivity index (χ2n) is 5.40. The zero-order valence-corrected chi connectivity index (χ0v) is 15.5. The average Bonchev–Trinajstić information content (AvgIpc) is 2.34. The van der Waals surface area contributed by atoms with E-state index in [1.54, 1.807) is 6.07 Å². The molecule has 1 aromatic carbocycles. The first-order valence-corrected chi connectivity index (χ1v) is 8.00. The lowest BCUT2D eigenvalue weighted by Gasteiger charge is -2.17. The summed E-state index contributed by atoms with van der Waals surface area (Å²) in [5, 5.41) is 0.0217. The Morgan fingerprint density at radius 3 is 2.43 bits per heavy atom. The van der Waals surface area contributed by atoms with Crippen molar-refractivity contribution in [1.82, 2.24) is 9.97 Å². The van der Waals surface area contributed by atoms with Gasteiger partial charge in [0.25, 0.3) is 0 Å². The van der Waals surface area contributed by atoms with Gasteiger partial charge in [-0.2, -0.15) is 4.98 Å². The first-order chi connectivity index (χ1) is 9.66. The van der Waals surface area contributed by atoms with Crippen molar-refractivity contribution >= 4 is 43.5 Å². The summed E-state index contributed by atoms with van der Waals surface area (Å²) in [6, 6.07) is 4.26. The Bertz CT molecular complexity index is 689. The van der Waals surface area contributed by atoms with Crippen molar-refractivity contribution in [2.24, 2.45) is 0 Å². The summed E-state index contributed by atoms with van der Waals surface area (Å²) in [6.45, 7) is 5.99. The molecule has 0 spiro atoms. The quantitative estimate of drug-likeness (QED) is 0.434. The Balaban J connectivity index is 2.40. The zero-order valence-electron chi connectivity index (χ0n) is 11.5. The fourth-order valence-corrected chi connectivity index (χ4v) is 2.56. The average molecular weight is 439 g/mol. The summed E-state index contributed by atoms with van der Waals surface area (Å²) >= 11 is 12.3. The van der Waals surface area contributed by atoms with Crippen molar-refractivity contribution in [3.05, 3.63) is 43.9 Å². The van der Waals surface area contributed by atoms with Crippen molar-refractivity contribution in [2.45, 2.75) is 26.2 Å². The van der Waals surface area contributed by atoms with Gasteiger partial charge in [-0.05, 0) is 37.9 Å². The maximum Gasteiger partial charge on any atom is 0.223 e. The predicted molar refractivity (Wildman–Crippen MR) is 87.6 cm³/mol. The van der Waals surface area contributed by atoms with Crippen LogP contribution in [0.4, 0.5) is 4.39 Å². The lowest BCUT2D eigenvalue weighted by Crippen LogP contribution is -2.16. The summed E-state index contributed by atoms with van der Waals surface area (Å²) in [5.41, 5.74) is -0.232. The zero-order chi connectivity index (χ0) is 15.8. The van der Waals surface area contributed by atoms with Crippen molar-refractivity contribution in [3.8, 4) is 11.6 Å². The molecule has 21 heavy (non-hydrogen) atoms. The molecule has 1 aromatic heterocycles. The van der Waals surface area contributed by atoms with E-state index in [4.69, 9.17) is 16.3 Å². The van der Waals surface area contributed by atoms with Crippen LogP contribution >= 0.6 is 43.5 Å². The van der Waals surface area contributed by atoms with Gasteiger partial charge in [-0.1, -0.05) is 32.4 Å². The second-order valence-corrected chi connectivity index (χ2v) is 7.48. The van der Waals surface area contributed by atoms with Gasteiger partial charge in [0.1, 0.15) is 22.0 Å². The smallest absolute Gasteiger partial charge is 0.223 e. The minimum Gasteiger partial charge on any atom is -0.438 e. The molecule has 0 radical (unpaired) electrons. The highest BCUT2D eigenvalue weighted by atomic mass is 79.9. The van der Waals surface area contributed by atoms with E-state index in [1.165, 1.54) is 12.1 Å². The minimum absolute atomic E-state index is 0.0217. The largest absolute Gasteiger partial charge is 0.438 e. The maximum atomic E-state index is 13.5. The van der Waals surface area contributed by atoms with Gasteiger partial charge >= 0.3 is 0 Å². The molecule has 0 atom stereocenters. The molecule has 0 aliphatic carbocycles. The molecule has 0 bridgehead atoms. The van der Waals surface area contributed by atoms with Gasteiger partial charge in [0, 0.05) is 17.5 Å². The van der Waals surface area contributed by atoms with Gasteiger partial charge in [0.05, 0.1) is 9.50 Å². The van der Waals surface area contributed by atoms with Crippen LogP contribution in [0.1, 0.15) is 26.6 Å². The van der Waals surface area contributed by atoms with E-state index in [0.717, 1.165) is 0 Å². The van der Waals surface area contributed by atoms with Gasteiger partial charge in [-0.3, -0.25) is 0 Å². The second kappa shape index (κ2) is 6.18. The highest BCUT2D eigenvalue weighted by molar-refractivity contribution is 9.10. The fourth-order valence-electron chi connectivity index (χ4n) is 1.48. The van der Waals surface area contributed by atoms with E-state index in [2.05, 4.69) is 41.8 Å².